The van der Waals surface area contributed by atoms with Crippen molar-refractivity contribution >= 4 is 39.2 Å². The number of hydrogen-bond acceptors (Lipinski definition) is 13. The van der Waals surface area contributed by atoms with E-state index in [4.69, 9.17) is 37.9 Å². The summed E-state index contributed by atoms with van der Waals surface area (Å²) in [5.41, 5.74) is 27.2. The second kappa shape index (κ2) is 13.9. The molecule has 0 unspecified atom stereocenters. The summed E-state index contributed by atoms with van der Waals surface area (Å²) in [6.45, 7) is 3.87. The summed E-state index contributed by atoms with van der Waals surface area (Å²) in [5, 5.41) is 14.5. The highest BCUT2D eigenvalue weighted by molar-refractivity contribution is 7.92. The van der Waals surface area contributed by atoms with Crippen molar-refractivity contribution in [1.29, 1.82) is 0 Å². The van der Waals surface area contributed by atoms with Crippen LogP contribution >= 0.6 is 0 Å². The lowest BCUT2D eigenvalue weighted by Crippen LogP contribution is -2.53. The Balaban J connectivity index is 1.35. The summed E-state index contributed by atoms with van der Waals surface area (Å²) in [6.07, 6.45) is 1.41. The molecule has 0 bridgehead atoms. The number of aromatic hydroxyl groups is 1. The summed E-state index contributed by atoms with van der Waals surface area (Å²) in [6, 6.07) is 20.1. The Hall–Kier alpha value is -4.54. The molecule has 4 atom stereocenters. The number of aromatic nitrogens is 3. The smallest absolute Gasteiger partial charge is 0.264 e. The van der Waals surface area contributed by atoms with Crippen molar-refractivity contribution in [3.63, 3.8) is 0 Å². The molecular formula is C33H43N11O3S. The van der Waals surface area contributed by atoms with Gasteiger partial charge >= 0.3 is 0 Å². The molecule has 254 valence electrons. The van der Waals surface area contributed by atoms with Gasteiger partial charge in [0.25, 0.3) is 10.0 Å². The van der Waals surface area contributed by atoms with E-state index in [-0.39, 0.29) is 53.0 Å². The first kappa shape index (κ1) is 33.4. The van der Waals surface area contributed by atoms with E-state index in [0.29, 0.717) is 56.6 Å². The first-order valence-corrected chi connectivity index (χ1v) is 17.4. The summed E-state index contributed by atoms with van der Waals surface area (Å²) in [5.74, 6) is 0.795. The standard InChI is InChI=1S/C33H43N11O3S/c1-21-7-10-28(11-8-21)48(46,47)44(17-22-5-3-2-4-6-22)29-12-9-26(15-30(29)45)38-31-39-32(42-18-23(35)13-24(36)19-42)41-33(40-31)43-20-25(37)14-27(43)16-34/h2-12,15,23-25,27,45H,13-14,16-20,34-37H2,1H3,(H,38,39,40,41)/t23-,24+,25-,27-/m0/s1. The predicted molar refractivity (Wildman–Crippen MR) is 188 cm³/mol. The van der Waals surface area contributed by atoms with Gasteiger partial charge in [0, 0.05) is 62.1 Å². The third-order valence-corrected chi connectivity index (χ3v) is 10.4. The fourth-order valence-electron chi connectivity index (χ4n) is 6.27. The minimum absolute atomic E-state index is 0.0119. The normalized spacial score (nSPS) is 21.4. The maximum Gasteiger partial charge on any atom is 0.264 e. The number of hydrogen-bond donors (Lipinski definition) is 6. The van der Waals surface area contributed by atoms with Gasteiger partial charge in [-0.15, -0.1) is 0 Å². The molecule has 48 heavy (non-hydrogen) atoms. The molecule has 3 aromatic carbocycles. The van der Waals surface area contributed by atoms with E-state index in [1.807, 2.05) is 47.1 Å². The number of nitrogens with one attached hydrogen (secondary N) is 1. The molecule has 0 amide bonds. The zero-order valence-corrected chi connectivity index (χ0v) is 27.7. The van der Waals surface area contributed by atoms with Crippen LogP contribution in [0.3, 0.4) is 0 Å². The van der Waals surface area contributed by atoms with Crippen LogP contribution in [0, 0.1) is 6.92 Å². The molecular weight excluding hydrogens is 631 g/mol. The van der Waals surface area contributed by atoms with Crippen LogP contribution in [0.5, 0.6) is 5.75 Å². The van der Waals surface area contributed by atoms with Gasteiger partial charge in [-0.3, -0.25) is 4.31 Å². The monoisotopic (exact) mass is 673 g/mol. The van der Waals surface area contributed by atoms with E-state index in [9.17, 15) is 13.5 Å². The van der Waals surface area contributed by atoms with Gasteiger partial charge in [-0.05, 0) is 49.6 Å². The van der Waals surface area contributed by atoms with Gasteiger partial charge < -0.3 is 43.2 Å². The molecule has 2 fully saturated rings. The minimum Gasteiger partial charge on any atom is -0.506 e. The van der Waals surface area contributed by atoms with Crippen molar-refractivity contribution in [2.24, 2.45) is 22.9 Å². The van der Waals surface area contributed by atoms with Crippen LogP contribution in [0.2, 0.25) is 0 Å². The number of piperidine rings is 1. The Morgan fingerprint density at radius 2 is 1.54 bits per heavy atom. The van der Waals surface area contributed by atoms with Crippen LogP contribution in [0.15, 0.2) is 77.7 Å². The lowest BCUT2D eigenvalue weighted by atomic mass is 10.0. The average molecular weight is 674 g/mol. The number of aryl methyl sites for hydroxylation is 1. The Labute approximate surface area is 280 Å². The van der Waals surface area contributed by atoms with Gasteiger partial charge in [0.05, 0.1) is 17.1 Å². The number of rotatable bonds is 10. The highest BCUT2D eigenvalue weighted by Crippen LogP contribution is 2.36. The molecule has 2 saturated heterocycles. The van der Waals surface area contributed by atoms with Crippen LogP contribution in [0.1, 0.15) is 24.0 Å². The van der Waals surface area contributed by atoms with Crippen molar-refractivity contribution in [1.82, 2.24) is 15.0 Å². The van der Waals surface area contributed by atoms with Gasteiger partial charge in [0.2, 0.25) is 17.8 Å². The van der Waals surface area contributed by atoms with E-state index in [1.165, 1.54) is 10.4 Å². The third-order valence-electron chi connectivity index (χ3n) is 8.66. The summed E-state index contributed by atoms with van der Waals surface area (Å²) < 4.78 is 29.2. The maximum absolute atomic E-state index is 14.0. The van der Waals surface area contributed by atoms with Crippen LogP contribution in [0.4, 0.5) is 29.2 Å². The second-order valence-corrected chi connectivity index (χ2v) is 14.5. The average Bonchev–Trinajstić information content (AvgIpc) is 3.45. The summed E-state index contributed by atoms with van der Waals surface area (Å²) in [4.78, 5) is 18.2. The van der Waals surface area contributed by atoms with Crippen molar-refractivity contribution in [2.45, 2.75) is 55.4 Å². The Morgan fingerprint density at radius 1 is 0.875 bits per heavy atom. The van der Waals surface area contributed by atoms with Crippen LogP contribution in [0.25, 0.3) is 0 Å². The van der Waals surface area contributed by atoms with Gasteiger partial charge in [-0.25, -0.2) is 8.42 Å². The molecule has 10 N–H and O–H groups in total. The lowest BCUT2D eigenvalue weighted by Gasteiger charge is -2.35. The van der Waals surface area contributed by atoms with Crippen LogP contribution < -0.4 is 42.4 Å². The molecule has 0 saturated carbocycles. The largest absolute Gasteiger partial charge is 0.506 e. The predicted octanol–water partition coefficient (Wildman–Crippen LogP) is 1.75. The van der Waals surface area contributed by atoms with E-state index < -0.39 is 10.0 Å². The van der Waals surface area contributed by atoms with Gasteiger partial charge in [0.1, 0.15) is 5.75 Å². The van der Waals surface area contributed by atoms with Gasteiger partial charge in [-0.1, -0.05) is 48.0 Å². The Morgan fingerprint density at radius 3 is 2.21 bits per heavy atom. The van der Waals surface area contributed by atoms with Crippen LogP contribution in [-0.4, -0.2) is 78.8 Å². The number of nitrogens with two attached hydrogens (primary N) is 4. The molecule has 3 heterocycles. The van der Waals surface area contributed by atoms with E-state index >= 15 is 0 Å². The number of sulfonamides is 1. The molecule has 4 aromatic rings. The van der Waals surface area contributed by atoms with Crippen molar-refractivity contribution in [3.8, 4) is 5.75 Å². The lowest BCUT2D eigenvalue weighted by molar-refractivity contribution is 0.447. The fourth-order valence-corrected chi connectivity index (χ4v) is 7.74. The molecule has 0 radical (unpaired) electrons. The highest BCUT2D eigenvalue weighted by Gasteiger charge is 2.33. The fraction of sp³-hybridized carbons (Fsp3) is 0.364. The van der Waals surface area contributed by atoms with Crippen molar-refractivity contribution < 1.29 is 13.5 Å². The SMILES string of the molecule is Cc1ccc(S(=O)(=O)N(Cc2ccccc2)c2ccc(Nc3nc(N4C[C@H](N)C[C@H](N)C4)nc(N4C[C@@H](N)C[C@H]4CN)n3)cc2O)cc1. The summed E-state index contributed by atoms with van der Waals surface area (Å²) >= 11 is 0. The van der Waals surface area contributed by atoms with E-state index in [2.05, 4.69) is 5.32 Å². The van der Waals surface area contributed by atoms with E-state index in [1.54, 1.807) is 36.4 Å². The molecule has 14 nitrogen and oxygen atoms in total. The zero-order valence-electron chi connectivity index (χ0n) is 26.9. The number of phenolic OH excluding ortho intramolecular Hbond substituents is 1. The first-order valence-electron chi connectivity index (χ1n) is 16.0. The summed E-state index contributed by atoms with van der Waals surface area (Å²) in [7, 11) is -4.05. The molecule has 0 aliphatic carbocycles. The quantitative estimate of drug-likeness (QED) is 0.142. The zero-order chi connectivity index (χ0) is 34.0. The molecule has 0 spiro atoms. The minimum atomic E-state index is -4.05. The Bertz CT molecular complexity index is 1820. The van der Waals surface area contributed by atoms with Crippen molar-refractivity contribution in [3.05, 3.63) is 83.9 Å². The van der Waals surface area contributed by atoms with Gasteiger partial charge in [-0.2, -0.15) is 15.0 Å². The molecule has 2 aliphatic rings. The Kier molecular flexibility index (Phi) is 9.66. The topological polar surface area (TPSA) is 219 Å². The number of nitrogens with zero attached hydrogens (tertiary/aromatic N) is 6. The molecule has 6 rings (SSSR count). The third kappa shape index (κ3) is 7.29. The first-order chi connectivity index (χ1) is 23.0. The molecule has 15 heteroatoms. The number of benzene rings is 3. The van der Waals surface area contributed by atoms with Crippen LogP contribution in [-0.2, 0) is 16.6 Å². The number of anilines is 5. The molecule has 1 aromatic heterocycles. The number of phenols is 1. The van der Waals surface area contributed by atoms with Gasteiger partial charge in [0.15, 0.2) is 0 Å². The van der Waals surface area contributed by atoms with Crippen molar-refractivity contribution in [2.75, 3.05) is 45.6 Å². The van der Waals surface area contributed by atoms with E-state index in [0.717, 1.165) is 11.1 Å². The molecule has 2 aliphatic heterocycles. The second-order valence-electron chi connectivity index (χ2n) is 12.6. The highest BCUT2D eigenvalue weighted by atomic mass is 32.2. The maximum atomic E-state index is 14.0.